The van der Waals surface area contributed by atoms with E-state index in [4.69, 9.17) is 0 Å². The highest BCUT2D eigenvalue weighted by Gasteiger charge is 2.47. The monoisotopic (exact) mass is 1090 g/mol. The molecule has 3 aliphatic rings. The van der Waals surface area contributed by atoms with E-state index in [0.29, 0.717) is 0 Å². The minimum absolute atomic E-state index is 0.0202. The molecular formula is C81H68BN3. The molecule has 0 spiro atoms. The minimum atomic E-state index is -0.272. The van der Waals surface area contributed by atoms with Gasteiger partial charge >= 0.3 is 0 Å². The lowest BCUT2D eigenvalue weighted by molar-refractivity contribution is 0.590. The van der Waals surface area contributed by atoms with Gasteiger partial charge in [0.05, 0.1) is 17.1 Å². The number of benzene rings is 12. The highest BCUT2D eigenvalue weighted by Crippen LogP contribution is 2.57. The number of hydrogen-bond donors (Lipinski definition) is 0. The Balaban J connectivity index is 1.06. The molecule has 0 fully saturated rings. The Morgan fingerprint density at radius 3 is 1.60 bits per heavy atom. The molecule has 15 rings (SSSR count). The second-order valence-electron chi connectivity index (χ2n) is 26.1. The van der Waals surface area contributed by atoms with Crippen LogP contribution in [-0.2, 0) is 16.2 Å². The lowest BCUT2D eigenvalue weighted by Gasteiger charge is -2.46. The number of nitrogens with zero attached hydrogens (tertiary/aromatic N) is 3. The quantitative estimate of drug-likeness (QED) is 0.140. The molecule has 0 radical (unpaired) electrons. The standard InChI is InChI=1S/C81H68BN3/c1-79(2,3)58-41-43-60(44-42-58)83(70-48-40-55-29-18-19-33-63(55)76(70)56-30-16-11-17-31-56)61-45-47-68-73(52-61)84(69-37-23-21-32-62(69)54-27-14-10-15-28-54)74-50-59(80(4,5)6)51-75-78(74)82(68)67-46-39-57(53-25-12-9-13-26-53)49-72(67)85(75)71-38-24-35-65-64-34-20-22-36-66(64)81(7,8)77(65)71/h9-52H,1-8H3. The van der Waals surface area contributed by atoms with Gasteiger partial charge in [-0.05, 0) is 154 Å². The summed E-state index contributed by atoms with van der Waals surface area (Å²) in [5.74, 6) is 0. The van der Waals surface area contributed by atoms with Crippen molar-refractivity contribution in [2.45, 2.75) is 71.6 Å². The van der Waals surface area contributed by atoms with Crippen LogP contribution < -0.4 is 31.1 Å². The van der Waals surface area contributed by atoms with Gasteiger partial charge in [-0.15, -0.1) is 0 Å². The SMILES string of the molecule is CC(C)(C)c1ccc(N(c2ccc3c(c2)N(c2ccccc2-c2ccccc2)c2cc(C(C)(C)C)cc4c2B3c2ccc(-c3ccccc3)cc2N4c2cccc3c2C(C)(C)c2ccccc2-3)c2ccc3ccccc3c2-c2ccccc2)cc1. The molecule has 0 amide bonds. The average Bonchev–Trinajstić information content (AvgIpc) is 1.46. The van der Waals surface area contributed by atoms with Gasteiger partial charge in [-0.3, -0.25) is 0 Å². The third-order valence-electron chi connectivity index (χ3n) is 18.5. The van der Waals surface area contributed by atoms with E-state index in [1.165, 1.54) is 117 Å². The van der Waals surface area contributed by atoms with E-state index in [1.807, 2.05) is 0 Å². The summed E-state index contributed by atoms with van der Waals surface area (Å²) in [4.78, 5) is 7.84. The molecule has 0 saturated carbocycles. The number of fused-ring (bicyclic) bond motifs is 8. The molecule has 0 bridgehead atoms. The van der Waals surface area contributed by atoms with Crippen molar-refractivity contribution in [2.75, 3.05) is 14.7 Å². The predicted molar refractivity (Wildman–Crippen MR) is 364 cm³/mol. The molecule has 0 unspecified atom stereocenters. The van der Waals surface area contributed by atoms with E-state index in [9.17, 15) is 0 Å². The van der Waals surface area contributed by atoms with Crippen LogP contribution in [0.4, 0.5) is 51.2 Å². The molecular weight excluding hydrogens is 1030 g/mol. The van der Waals surface area contributed by atoms with Crippen molar-refractivity contribution in [1.82, 2.24) is 0 Å². The first-order chi connectivity index (χ1) is 41.2. The van der Waals surface area contributed by atoms with E-state index in [-0.39, 0.29) is 23.0 Å². The fourth-order valence-corrected chi connectivity index (χ4v) is 14.3. The van der Waals surface area contributed by atoms with E-state index in [0.717, 1.165) is 28.4 Å². The zero-order valence-corrected chi connectivity index (χ0v) is 49.8. The normalized spacial score (nSPS) is 13.7. The van der Waals surface area contributed by atoms with E-state index < -0.39 is 0 Å². The zero-order chi connectivity index (χ0) is 57.9. The summed E-state index contributed by atoms with van der Waals surface area (Å²) in [5.41, 5.74) is 28.7. The first kappa shape index (κ1) is 52.2. The molecule has 4 heteroatoms. The number of anilines is 9. The minimum Gasteiger partial charge on any atom is -0.311 e. The van der Waals surface area contributed by atoms with Crippen LogP contribution >= 0.6 is 0 Å². The highest BCUT2D eigenvalue weighted by molar-refractivity contribution is 7.00. The van der Waals surface area contributed by atoms with Gasteiger partial charge in [0.25, 0.3) is 6.71 Å². The molecule has 12 aromatic carbocycles. The second-order valence-corrected chi connectivity index (χ2v) is 26.1. The Bertz CT molecular complexity index is 4590. The van der Waals surface area contributed by atoms with Crippen LogP contribution in [0.1, 0.15) is 77.6 Å². The van der Waals surface area contributed by atoms with Gasteiger partial charge in [-0.25, -0.2) is 0 Å². The van der Waals surface area contributed by atoms with Crippen molar-refractivity contribution in [3.05, 3.63) is 289 Å². The van der Waals surface area contributed by atoms with Gasteiger partial charge in [0.15, 0.2) is 0 Å². The summed E-state index contributed by atoms with van der Waals surface area (Å²) in [7, 11) is 0. The topological polar surface area (TPSA) is 9.72 Å². The Labute approximate surface area is 502 Å². The van der Waals surface area contributed by atoms with Crippen LogP contribution in [-0.4, -0.2) is 6.71 Å². The summed E-state index contributed by atoms with van der Waals surface area (Å²) in [6.45, 7) is 18.8. The molecule has 2 aliphatic heterocycles. The van der Waals surface area contributed by atoms with Gasteiger partial charge in [0.1, 0.15) is 0 Å². The van der Waals surface area contributed by atoms with Crippen LogP contribution in [0.2, 0.25) is 0 Å². The molecule has 0 atom stereocenters. The van der Waals surface area contributed by atoms with Crippen LogP contribution in [0.15, 0.2) is 267 Å². The third-order valence-corrected chi connectivity index (χ3v) is 18.5. The van der Waals surface area contributed by atoms with Crippen molar-refractivity contribution < 1.29 is 0 Å². The lowest BCUT2D eigenvalue weighted by atomic mass is 9.33. The van der Waals surface area contributed by atoms with Crippen molar-refractivity contribution in [2.24, 2.45) is 0 Å². The molecule has 0 N–H and O–H groups in total. The maximum Gasteiger partial charge on any atom is 0.252 e. The van der Waals surface area contributed by atoms with Gasteiger partial charge < -0.3 is 14.7 Å². The molecule has 1 aliphatic carbocycles. The van der Waals surface area contributed by atoms with Crippen molar-refractivity contribution in [3.8, 4) is 44.5 Å². The molecule has 85 heavy (non-hydrogen) atoms. The van der Waals surface area contributed by atoms with Gasteiger partial charge in [0, 0.05) is 50.7 Å². The average molecular weight is 1090 g/mol. The first-order valence-electron chi connectivity index (χ1n) is 30.2. The number of hydrogen-bond acceptors (Lipinski definition) is 3. The third kappa shape index (κ3) is 8.47. The maximum atomic E-state index is 2.67. The summed E-state index contributed by atoms with van der Waals surface area (Å²) >= 11 is 0. The molecule has 0 saturated heterocycles. The predicted octanol–water partition coefficient (Wildman–Crippen LogP) is 20.3. The fourth-order valence-electron chi connectivity index (χ4n) is 14.3. The molecule has 3 nitrogen and oxygen atoms in total. The van der Waals surface area contributed by atoms with Crippen molar-refractivity contribution in [1.29, 1.82) is 0 Å². The first-order valence-corrected chi connectivity index (χ1v) is 30.2. The molecule has 2 heterocycles. The van der Waals surface area contributed by atoms with Gasteiger partial charge in [-0.1, -0.05) is 262 Å². The summed E-state index contributed by atoms with van der Waals surface area (Å²) in [6.07, 6.45) is 0. The van der Waals surface area contributed by atoms with Crippen LogP contribution in [0.3, 0.4) is 0 Å². The number of para-hydroxylation sites is 1. The Morgan fingerprint density at radius 1 is 0.365 bits per heavy atom. The van der Waals surface area contributed by atoms with E-state index >= 15 is 0 Å². The molecule has 410 valence electrons. The highest BCUT2D eigenvalue weighted by atomic mass is 15.2. The Morgan fingerprint density at radius 2 is 0.906 bits per heavy atom. The van der Waals surface area contributed by atoms with Crippen molar-refractivity contribution in [3.63, 3.8) is 0 Å². The van der Waals surface area contributed by atoms with Gasteiger partial charge in [-0.2, -0.15) is 0 Å². The van der Waals surface area contributed by atoms with Crippen LogP contribution in [0, 0.1) is 0 Å². The van der Waals surface area contributed by atoms with Gasteiger partial charge in [0.2, 0.25) is 0 Å². The summed E-state index contributed by atoms with van der Waals surface area (Å²) in [6, 6.07) is 101. The molecule has 0 aromatic heterocycles. The Hall–Kier alpha value is -9.64. The number of rotatable bonds is 8. The Kier molecular flexibility index (Phi) is 12.1. The molecule has 12 aromatic rings. The second kappa shape index (κ2) is 19.7. The van der Waals surface area contributed by atoms with Crippen LogP contribution in [0.25, 0.3) is 55.3 Å². The summed E-state index contributed by atoms with van der Waals surface area (Å²) in [5, 5.41) is 2.42. The maximum absolute atomic E-state index is 2.67. The smallest absolute Gasteiger partial charge is 0.252 e. The fraction of sp³-hybridized carbons (Fsp3) is 0.136. The lowest BCUT2D eigenvalue weighted by Crippen LogP contribution is -2.61. The largest absolute Gasteiger partial charge is 0.311 e. The van der Waals surface area contributed by atoms with E-state index in [1.54, 1.807) is 0 Å². The van der Waals surface area contributed by atoms with E-state index in [2.05, 4.69) is 337 Å². The van der Waals surface area contributed by atoms with Crippen LogP contribution in [0.5, 0.6) is 0 Å². The van der Waals surface area contributed by atoms with Crippen molar-refractivity contribution >= 4 is 85.1 Å². The zero-order valence-electron chi connectivity index (χ0n) is 49.8. The summed E-state index contributed by atoms with van der Waals surface area (Å²) < 4.78 is 0.